The highest BCUT2D eigenvalue weighted by molar-refractivity contribution is 5.73. The summed E-state index contributed by atoms with van der Waals surface area (Å²) in [4.78, 5) is 0. The van der Waals surface area contributed by atoms with Crippen LogP contribution in [0.4, 0.5) is 19.0 Å². The molecule has 2 aliphatic rings. The van der Waals surface area contributed by atoms with Gasteiger partial charge in [0.15, 0.2) is 5.82 Å². The number of nitrogens with one attached hydrogen (secondary N) is 1. The van der Waals surface area contributed by atoms with Crippen LogP contribution in [0.3, 0.4) is 0 Å². The van der Waals surface area contributed by atoms with Crippen molar-refractivity contribution in [2.75, 3.05) is 18.5 Å². The van der Waals surface area contributed by atoms with Crippen LogP contribution in [-0.4, -0.2) is 45.8 Å². The standard InChI is InChI=1S/C20H22F3N3O3/c21-20(22,23)11-5-6-14(16(27)9-11)18-12-3-1-2-4-13(12)19(26-25-18)24-15-7-8-29-10-17(15)28/h5-6,9,15,17,27-28H,1-4,7-8,10H2,(H,24,26)/t15-,17-/m1/s1. The largest absolute Gasteiger partial charge is 0.507 e. The Kier molecular flexibility index (Phi) is 5.35. The van der Waals surface area contributed by atoms with Gasteiger partial charge in [0.2, 0.25) is 0 Å². The number of nitrogens with zero attached hydrogens (tertiary/aromatic N) is 2. The molecule has 2 atom stereocenters. The number of aromatic nitrogens is 2. The second kappa shape index (κ2) is 7.79. The molecule has 0 bridgehead atoms. The molecular formula is C20H22F3N3O3. The molecule has 6 nitrogen and oxygen atoms in total. The highest BCUT2D eigenvalue weighted by Gasteiger charge is 2.32. The number of fused-ring (bicyclic) bond motifs is 1. The van der Waals surface area contributed by atoms with Crippen LogP contribution < -0.4 is 5.32 Å². The van der Waals surface area contributed by atoms with Gasteiger partial charge in [-0.05, 0) is 55.9 Å². The van der Waals surface area contributed by atoms with Gasteiger partial charge in [0.05, 0.1) is 24.3 Å². The van der Waals surface area contributed by atoms with Crippen LogP contribution in [0.15, 0.2) is 18.2 Å². The summed E-state index contributed by atoms with van der Waals surface area (Å²) in [6.07, 6.45) is -1.21. The van der Waals surface area contributed by atoms with Gasteiger partial charge >= 0.3 is 6.18 Å². The number of hydrogen-bond acceptors (Lipinski definition) is 6. The van der Waals surface area contributed by atoms with E-state index in [1.807, 2.05) is 0 Å². The highest BCUT2D eigenvalue weighted by Crippen LogP contribution is 2.39. The first-order valence-electron chi connectivity index (χ1n) is 9.66. The Balaban J connectivity index is 1.71. The van der Waals surface area contributed by atoms with Crippen molar-refractivity contribution in [2.45, 2.75) is 50.4 Å². The van der Waals surface area contributed by atoms with E-state index >= 15 is 0 Å². The van der Waals surface area contributed by atoms with Gasteiger partial charge in [0, 0.05) is 17.7 Å². The summed E-state index contributed by atoms with van der Waals surface area (Å²) in [6, 6.07) is 2.70. The fraction of sp³-hybridized carbons (Fsp3) is 0.500. The van der Waals surface area contributed by atoms with Crippen molar-refractivity contribution in [3.63, 3.8) is 0 Å². The van der Waals surface area contributed by atoms with Gasteiger partial charge < -0.3 is 20.3 Å². The molecule has 9 heteroatoms. The normalized spacial score (nSPS) is 22.2. The van der Waals surface area contributed by atoms with E-state index in [-0.39, 0.29) is 18.2 Å². The number of hydrogen-bond donors (Lipinski definition) is 3. The van der Waals surface area contributed by atoms with Crippen LogP contribution in [0.2, 0.25) is 0 Å². The summed E-state index contributed by atoms with van der Waals surface area (Å²) < 4.78 is 44.0. The van der Waals surface area contributed by atoms with Crippen LogP contribution in [0, 0.1) is 0 Å². The van der Waals surface area contributed by atoms with Gasteiger partial charge in [-0.2, -0.15) is 13.2 Å². The van der Waals surface area contributed by atoms with Crippen molar-refractivity contribution in [1.29, 1.82) is 0 Å². The molecule has 0 unspecified atom stereocenters. The summed E-state index contributed by atoms with van der Waals surface area (Å²) in [7, 11) is 0. The van der Waals surface area contributed by atoms with Gasteiger partial charge in [-0.25, -0.2) is 0 Å². The van der Waals surface area contributed by atoms with E-state index in [9.17, 15) is 23.4 Å². The van der Waals surface area contributed by atoms with E-state index in [1.165, 1.54) is 6.07 Å². The van der Waals surface area contributed by atoms with E-state index in [4.69, 9.17) is 4.74 Å². The van der Waals surface area contributed by atoms with E-state index in [2.05, 4.69) is 15.5 Å². The number of phenolic OH excluding ortho intramolecular Hbond substituents is 1. The first-order chi connectivity index (χ1) is 13.8. The van der Waals surface area contributed by atoms with Crippen molar-refractivity contribution < 1.29 is 28.1 Å². The van der Waals surface area contributed by atoms with Crippen molar-refractivity contribution in [1.82, 2.24) is 10.2 Å². The van der Waals surface area contributed by atoms with E-state index < -0.39 is 23.6 Å². The number of benzene rings is 1. The second-order valence-corrected chi connectivity index (χ2v) is 7.47. The van der Waals surface area contributed by atoms with E-state index in [0.717, 1.165) is 42.5 Å². The van der Waals surface area contributed by atoms with Gasteiger partial charge in [-0.1, -0.05) is 0 Å². The van der Waals surface area contributed by atoms with Gasteiger partial charge in [-0.15, -0.1) is 10.2 Å². The number of aliphatic hydroxyl groups is 1. The molecule has 1 aliphatic carbocycles. The first kappa shape index (κ1) is 19.9. The molecule has 0 saturated carbocycles. The monoisotopic (exact) mass is 409 g/mol. The molecule has 0 amide bonds. The molecule has 3 N–H and O–H groups in total. The Morgan fingerprint density at radius 2 is 1.86 bits per heavy atom. The lowest BCUT2D eigenvalue weighted by molar-refractivity contribution is -0.137. The van der Waals surface area contributed by atoms with Crippen LogP contribution in [0.5, 0.6) is 5.75 Å². The molecule has 1 aromatic heterocycles. The van der Waals surface area contributed by atoms with Crippen LogP contribution in [-0.2, 0) is 23.8 Å². The topological polar surface area (TPSA) is 87.5 Å². The van der Waals surface area contributed by atoms with E-state index in [0.29, 0.717) is 31.0 Å². The smallest absolute Gasteiger partial charge is 0.416 e. The highest BCUT2D eigenvalue weighted by atomic mass is 19.4. The van der Waals surface area contributed by atoms with E-state index in [1.54, 1.807) is 0 Å². The minimum absolute atomic E-state index is 0.200. The lowest BCUT2D eigenvalue weighted by atomic mass is 9.88. The number of halogens is 3. The zero-order chi connectivity index (χ0) is 20.6. The Hall–Kier alpha value is -2.39. The fourth-order valence-corrected chi connectivity index (χ4v) is 3.96. The summed E-state index contributed by atoms with van der Waals surface area (Å²) in [5.74, 6) is 0.114. The third kappa shape index (κ3) is 4.02. The predicted octanol–water partition coefficient (Wildman–Crippen LogP) is 3.31. The number of aliphatic hydroxyl groups excluding tert-OH is 1. The third-order valence-electron chi connectivity index (χ3n) is 5.52. The summed E-state index contributed by atoms with van der Waals surface area (Å²) in [6.45, 7) is 0.798. The predicted molar refractivity (Wildman–Crippen MR) is 99.6 cm³/mol. The molecule has 156 valence electrons. The average Bonchev–Trinajstić information content (AvgIpc) is 2.69. The second-order valence-electron chi connectivity index (χ2n) is 7.47. The van der Waals surface area contributed by atoms with Gasteiger partial charge in [0.1, 0.15) is 11.4 Å². The molecule has 1 aromatic carbocycles. The number of anilines is 1. The number of aromatic hydroxyl groups is 1. The molecule has 1 aliphatic heterocycles. The number of alkyl halides is 3. The number of rotatable bonds is 3. The zero-order valence-corrected chi connectivity index (χ0v) is 15.7. The number of ether oxygens (including phenoxy) is 1. The molecule has 0 radical (unpaired) electrons. The quantitative estimate of drug-likeness (QED) is 0.721. The van der Waals surface area contributed by atoms with Crippen LogP contribution in [0.25, 0.3) is 11.3 Å². The molecule has 4 rings (SSSR count). The minimum Gasteiger partial charge on any atom is -0.507 e. The van der Waals surface area contributed by atoms with Gasteiger partial charge in [0.25, 0.3) is 0 Å². The Morgan fingerprint density at radius 1 is 1.10 bits per heavy atom. The Bertz CT molecular complexity index is 905. The maximum Gasteiger partial charge on any atom is 0.416 e. The lowest BCUT2D eigenvalue weighted by Crippen LogP contribution is -2.42. The molecule has 1 fully saturated rings. The maximum absolute atomic E-state index is 12.9. The minimum atomic E-state index is -4.53. The van der Waals surface area contributed by atoms with Crippen molar-refractivity contribution in [3.8, 4) is 17.0 Å². The van der Waals surface area contributed by atoms with Crippen LogP contribution >= 0.6 is 0 Å². The fourth-order valence-electron chi connectivity index (χ4n) is 3.96. The SMILES string of the molecule is Oc1cc(C(F)(F)F)ccc1-c1nnc(N[C@@H]2CCOC[C@H]2O)c2c1CCCC2. The van der Waals surface area contributed by atoms with Crippen molar-refractivity contribution in [3.05, 3.63) is 34.9 Å². The maximum atomic E-state index is 12.9. The lowest BCUT2D eigenvalue weighted by Gasteiger charge is -2.30. The molecule has 1 saturated heterocycles. The number of phenols is 1. The third-order valence-corrected chi connectivity index (χ3v) is 5.52. The summed E-state index contributed by atoms with van der Waals surface area (Å²) in [5.41, 5.74) is 1.56. The molecule has 2 heterocycles. The summed E-state index contributed by atoms with van der Waals surface area (Å²) in [5, 5.41) is 32.1. The molecule has 2 aromatic rings. The van der Waals surface area contributed by atoms with Crippen LogP contribution in [0.1, 0.15) is 36.0 Å². The zero-order valence-electron chi connectivity index (χ0n) is 15.7. The van der Waals surface area contributed by atoms with Gasteiger partial charge in [-0.3, -0.25) is 0 Å². The molecule has 0 spiro atoms. The first-order valence-corrected chi connectivity index (χ1v) is 9.66. The Labute approximate surface area is 165 Å². The summed E-state index contributed by atoms with van der Waals surface area (Å²) >= 11 is 0. The average molecular weight is 409 g/mol. The van der Waals surface area contributed by atoms with Crippen molar-refractivity contribution >= 4 is 5.82 Å². The van der Waals surface area contributed by atoms with Crippen molar-refractivity contribution in [2.24, 2.45) is 0 Å². The molecular weight excluding hydrogens is 387 g/mol. The Morgan fingerprint density at radius 3 is 2.55 bits per heavy atom. The molecule has 29 heavy (non-hydrogen) atoms.